The number of rotatable bonds is 4. The van der Waals surface area contributed by atoms with E-state index in [4.69, 9.17) is 10.5 Å². The molecule has 0 amide bonds. The highest BCUT2D eigenvalue weighted by Crippen LogP contribution is 2.35. The van der Waals surface area contributed by atoms with Crippen LogP contribution in [0.2, 0.25) is 0 Å². The first kappa shape index (κ1) is 18.2. The first-order chi connectivity index (χ1) is 13.4. The number of anilines is 2. The van der Waals surface area contributed by atoms with E-state index in [9.17, 15) is 8.42 Å². The van der Waals surface area contributed by atoms with E-state index in [0.717, 1.165) is 40.9 Å². The fraction of sp³-hybridized carbons (Fsp3) is 0.278. The zero-order valence-corrected chi connectivity index (χ0v) is 16.3. The lowest BCUT2D eigenvalue weighted by Gasteiger charge is -2.28. The molecule has 1 aliphatic heterocycles. The Kier molecular flexibility index (Phi) is 4.42. The Morgan fingerprint density at radius 1 is 1.25 bits per heavy atom. The van der Waals surface area contributed by atoms with Crippen molar-refractivity contribution in [1.82, 2.24) is 20.2 Å². The van der Waals surface area contributed by atoms with Gasteiger partial charge in [-0.3, -0.25) is 5.10 Å². The van der Waals surface area contributed by atoms with Crippen molar-refractivity contribution in [3.8, 4) is 17.0 Å². The molecule has 3 heterocycles. The fourth-order valence-corrected chi connectivity index (χ4v) is 3.84. The van der Waals surface area contributed by atoms with Gasteiger partial charge in [0.05, 0.1) is 7.11 Å². The summed E-state index contributed by atoms with van der Waals surface area (Å²) >= 11 is 0. The standard InChI is InChI=1S/C18H20N6O3S/c1-27-14-6-4-3-5-11(14)17-12-10-24(8-7-13(12)22-23-17)16-9-15(19)20-18(21-16)28(2,25)26/h3-6,9H,7-8,10H2,1-2H3,(H,22,23)(H2,19,20,21). The number of H-pyrrole nitrogens is 1. The van der Waals surface area contributed by atoms with Crippen molar-refractivity contribution >= 4 is 21.5 Å². The van der Waals surface area contributed by atoms with Crippen LogP contribution in [0.25, 0.3) is 11.3 Å². The molecule has 28 heavy (non-hydrogen) atoms. The van der Waals surface area contributed by atoms with Crippen molar-refractivity contribution in [3.63, 3.8) is 0 Å². The van der Waals surface area contributed by atoms with Gasteiger partial charge in [-0.15, -0.1) is 0 Å². The molecule has 1 aliphatic rings. The number of hydrogen-bond donors (Lipinski definition) is 2. The quantitative estimate of drug-likeness (QED) is 0.630. The molecule has 4 rings (SSSR count). The van der Waals surface area contributed by atoms with Crippen LogP contribution in [0.15, 0.2) is 35.5 Å². The molecular weight excluding hydrogens is 380 g/mol. The molecule has 0 aliphatic carbocycles. The lowest BCUT2D eigenvalue weighted by molar-refractivity contribution is 0.416. The molecular formula is C18H20N6O3S. The van der Waals surface area contributed by atoms with Gasteiger partial charge in [-0.1, -0.05) is 12.1 Å². The van der Waals surface area contributed by atoms with Crippen molar-refractivity contribution in [2.45, 2.75) is 18.1 Å². The molecule has 9 nitrogen and oxygen atoms in total. The van der Waals surface area contributed by atoms with E-state index in [2.05, 4.69) is 20.2 Å². The maximum absolute atomic E-state index is 11.9. The molecule has 146 valence electrons. The van der Waals surface area contributed by atoms with Crippen LogP contribution in [-0.4, -0.2) is 48.5 Å². The van der Waals surface area contributed by atoms with Crippen molar-refractivity contribution in [3.05, 3.63) is 41.6 Å². The number of aromatic amines is 1. The summed E-state index contributed by atoms with van der Waals surface area (Å²) in [6.07, 6.45) is 1.78. The average molecular weight is 400 g/mol. The first-order valence-electron chi connectivity index (χ1n) is 8.66. The van der Waals surface area contributed by atoms with Gasteiger partial charge >= 0.3 is 0 Å². The van der Waals surface area contributed by atoms with Crippen LogP contribution in [0.3, 0.4) is 0 Å². The number of ether oxygens (including phenoxy) is 1. The molecule has 0 fully saturated rings. The second-order valence-electron chi connectivity index (χ2n) is 6.61. The van der Waals surface area contributed by atoms with Crippen LogP contribution in [0, 0.1) is 0 Å². The minimum atomic E-state index is -3.56. The van der Waals surface area contributed by atoms with E-state index < -0.39 is 9.84 Å². The van der Waals surface area contributed by atoms with Gasteiger partial charge in [0, 0.05) is 48.7 Å². The third-order valence-corrected chi connectivity index (χ3v) is 5.51. The average Bonchev–Trinajstić information content (AvgIpc) is 3.09. The summed E-state index contributed by atoms with van der Waals surface area (Å²) in [6.45, 7) is 1.17. The Bertz CT molecular complexity index is 1140. The fourth-order valence-electron chi connectivity index (χ4n) is 3.31. The molecule has 0 saturated carbocycles. The van der Waals surface area contributed by atoms with Crippen molar-refractivity contribution in [2.24, 2.45) is 0 Å². The number of methoxy groups -OCH3 is 1. The van der Waals surface area contributed by atoms with Gasteiger partial charge in [-0.25, -0.2) is 18.4 Å². The smallest absolute Gasteiger partial charge is 0.250 e. The third-order valence-electron chi connectivity index (χ3n) is 4.66. The summed E-state index contributed by atoms with van der Waals surface area (Å²) < 4.78 is 29.2. The van der Waals surface area contributed by atoms with Gasteiger partial charge in [0.1, 0.15) is 23.1 Å². The predicted molar refractivity (Wildman–Crippen MR) is 105 cm³/mol. The summed E-state index contributed by atoms with van der Waals surface area (Å²) in [4.78, 5) is 10.0. The van der Waals surface area contributed by atoms with E-state index in [-0.39, 0.29) is 11.0 Å². The number of sulfone groups is 1. The monoisotopic (exact) mass is 400 g/mol. The van der Waals surface area contributed by atoms with Crippen LogP contribution in [0.5, 0.6) is 5.75 Å². The highest BCUT2D eigenvalue weighted by atomic mass is 32.2. The summed E-state index contributed by atoms with van der Waals surface area (Å²) in [5, 5.41) is 7.33. The van der Waals surface area contributed by atoms with Crippen molar-refractivity contribution < 1.29 is 13.2 Å². The molecule has 2 aromatic heterocycles. The Hall–Kier alpha value is -3.14. The number of nitrogens with one attached hydrogen (secondary N) is 1. The minimum Gasteiger partial charge on any atom is -0.496 e. The summed E-state index contributed by atoms with van der Waals surface area (Å²) in [5.41, 5.74) is 9.58. The summed E-state index contributed by atoms with van der Waals surface area (Å²) in [6, 6.07) is 9.27. The van der Waals surface area contributed by atoms with Crippen molar-refractivity contribution in [1.29, 1.82) is 0 Å². The number of nitrogens with two attached hydrogens (primary N) is 1. The highest BCUT2D eigenvalue weighted by molar-refractivity contribution is 7.90. The second-order valence-corrected chi connectivity index (χ2v) is 8.52. The van der Waals surface area contributed by atoms with Gasteiger partial charge in [0.15, 0.2) is 0 Å². The van der Waals surface area contributed by atoms with Crippen LogP contribution in [-0.2, 0) is 22.8 Å². The van der Waals surface area contributed by atoms with Crippen LogP contribution < -0.4 is 15.4 Å². The molecule has 0 spiro atoms. The number of para-hydroxylation sites is 1. The predicted octanol–water partition coefficient (Wildman–Crippen LogP) is 1.42. The van der Waals surface area contributed by atoms with Gasteiger partial charge in [0.2, 0.25) is 9.84 Å². The summed E-state index contributed by atoms with van der Waals surface area (Å²) in [7, 11) is -1.93. The number of fused-ring (bicyclic) bond motifs is 1. The first-order valence-corrected chi connectivity index (χ1v) is 10.5. The van der Waals surface area contributed by atoms with E-state index >= 15 is 0 Å². The highest BCUT2D eigenvalue weighted by Gasteiger charge is 2.26. The largest absolute Gasteiger partial charge is 0.496 e. The Morgan fingerprint density at radius 2 is 2.04 bits per heavy atom. The maximum atomic E-state index is 11.9. The molecule has 0 saturated heterocycles. The molecule has 0 unspecified atom stereocenters. The normalized spacial score (nSPS) is 14.0. The molecule has 0 radical (unpaired) electrons. The Labute approximate surface area is 162 Å². The zero-order chi connectivity index (χ0) is 19.9. The van der Waals surface area contributed by atoms with Crippen molar-refractivity contribution in [2.75, 3.05) is 30.5 Å². The van der Waals surface area contributed by atoms with Gasteiger partial charge in [-0.2, -0.15) is 5.10 Å². The summed E-state index contributed by atoms with van der Waals surface area (Å²) in [5.74, 6) is 1.33. The minimum absolute atomic E-state index is 0.119. The van der Waals surface area contributed by atoms with Crippen LogP contribution in [0.1, 0.15) is 11.3 Å². The number of nitrogen functional groups attached to an aromatic ring is 1. The lowest BCUT2D eigenvalue weighted by atomic mass is 10.0. The van der Waals surface area contributed by atoms with Gasteiger partial charge < -0.3 is 15.4 Å². The topological polar surface area (TPSA) is 127 Å². The van der Waals surface area contributed by atoms with Crippen LogP contribution >= 0.6 is 0 Å². The molecule has 1 aromatic carbocycles. The van der Waals surface area contributed by atoms with E-state index in [1.807, 2.05) is 29.2 Å². The lowest BCUT2D eigenvalue weighted by Crippen LogP contribution is -2.31. The van der Waals surface area contributed by atoms with Gasteiger partial charge in [-0.05, 0) is 12.1 Å². The van der Waals surface area contributed by atoms with Gasteiger partial charge in [0.25, 0.3) is 5.16 Å². The number of benzene rings is 1. The number of aromatic nitrogens is 4. The zero-order valence-electron chi connectivity index (χ0n) is 15.5. The van der Waals surface area contributed by atoms with E-state index in [0.29, 0.717) is 18.9 Å². The van der Waals surface area contributed by atoms with E-state index in [1.54, 1.807) is 13.2 Å². The second kappa shape index (κ2) is 6.79. The molecule has 0 atom stereocenters. The Balaban J connectivity index is 1.73. The molecule has 10 heteroatoms. The Morgan fingerprint density at radius 3 is 2.79 bits per heavy atom. The third kappa shape index (κ3) is 3.26. The number of hydrogen-bond acceptors (Lipinski definition) is 8. The van der Waals surface area contributed by atoms with Crippen LogP contribution in [0.4, 0.5) is 11.6 Å². The molecule has 3 aromatic rings. The molecule has 3 N–H and O–H groups in total. The van der Waals surface area contributed by atoms with E-state index in [1.165, 1.54) is 0 Å². The maximum Gasteiger partial charge on any atom is 0.250 e. The molecule has 0 bridgehead atoms. The SMILES string of the molecule is COc1ccccc1-c1n[nH]c2c1CN(c1cc(N)nc(S(C)(=O)=O)n1)CC2. The number of nitrogens with zero attached hydrogens (tertiary/aromatic N) is 4.